The van der Waals surface area contributed by atoms with E-state index in [1.54, 1.807) is 7.11 Å². The van der Waals surface area contributed by atoms with Crippen molar-refractivity contribution in [3.05, 3.63) is 35.9 Å². The SMILES string of the molecule is CCC(C(=O)N1CC(OC)CC1C(=O)O)c1ccccc1. The summed E-state index contributed by atoms with van der Waals surface area (Å²) in [5.41, 5.74) is 0.926. The van der Waals surface area contributed by atoms with Gasteiger partial charge < -0.3 is 14.7 Å². The molecule has 1 amide bonds. The zero-order valence-corrected chi connectivity index (χ0v) is 12.4. The summed E-state index contributed by atoms with van der Waals surface area (Å²) in [5, 5.41) is 9.32. The molecule has 0 saturated carbocycles. The van der Waals surface area contributed by atoms with Gasteiger partial charge in [-0.1, -0.05) is 37.3 Å². The van der Waals surface area contributed by atoms with Gasteiger partial charge in [0.1, 0.15) is 6.04 Å². The van der Waals surface area contributed by atoms with E-state index in [2.05, 4.69) is 0 Å². The van der Waals surface area contributed by atoms with Crippen molar-refractivity contribution in [2.45, 2.75) is 37.8 Å². The predicted octanol–water partition coefficient (Wildman–Crippen LogP) is 1.88. The van der Waals surface area contributed by atoms with Gasteiger partial charge in [-0.15, -0.1) is 0 Å². The van der Waals surface area contributed by atoms with Gasteiger partial charge in [-0.25, -0.2) is 4.79 Å². The topological polar surface area (TPSA) is 66.8 Å². The van der Waals surface area contributed by atoms with E-state index in [-0.39, 0.29) is 17.9 Å². The van der Waals surface area contributed by atoms with Crippen LogP contribution in [0.3, 0.4) is 0 Å². The maximum absolute atomic E-state index is 12.8. The van der Waals surface area contributed by atoms with Gasteiger partial charge in [0.25, 0.3) is 0 Å². The van der Waals surface area contributed by atoms with Crippen LogP contribution in [-0.4, -0.2) is 47.7 Å². The second-order valence-corrected chi connectivity index (χ2v) is 5.31. The molecule has 1 aliphatic rings. The first-order valence-corrected chi connectivity index (χ1v) is 7.19. The fourth-order valence-electron chi connectivity index (χ4n) is 2.88. The Morgan fingerprint density at radius 3 is 2.57 bits per heavy atom. The van der Waals surface area contributed by atoms with Crippen LogP contribution in [0.2, 0.25) is 0 Å². The highest BCUT2D eigenvalue weighted by atomic mass is 16.5. The first-order chi connectivity index (χ1) is 10.1. The molecule has 21 heavy (non-hydrogen) atoms. The minimum absolute atomic E-state index is 0.129. The standard InChI is InChI=1S/C16H21NO4/c1-3-13(11-7-5-4-6-8-11)15(18)17-10-12(21-2)9-14(17)16(19)20/h4-8,12-14H,3,9-10H2,1-2H3,(H,19,20). The quantitative estimate of drug-likeness (QED) is 0.899. The van der Waals surface area contributed by atoms with Crippen LogP contribution in [0.4, 0.5) is 0 Å². The molecule has 3 unspecified atom stereocenters. The molecule has 5 nitrogen and oxygen atoms in total. The number of aliphatic carboxylic acids is 1. The van der Waals surface area contributed by atoms with Gasteiger partial charge in [-0.3, -0.25) is 4.79 Å². The second kappa shape index (κ2) is 6.72. The predicted molar refractivity (Wildman–Crippen MR) is 78.0 cm³/mol. The summed E-state index contributed by atoms with van der Waals surface area (Å²) in [6, 6.07) is 8.71. The van der Waals surface area contributed by atoms with Crippen molar-refractivity contribution in [3.8, 4) is 0 Å². The number of hydrogen-bond acceptors (Lipinski definition) is 3. The van der Waals surface area contributed by atoms with E-state index in [1.807, 2.05) is 37.3 Å². The Hall–Kier alpha value is -1.88. The molecule has 0 radical (unpaired) electrons. The maximum atomic E-state index is 12.8. The summed E-state index contributed by atoms with van der Waals surface area (Å²) in [7, 11) is 1.55. The molecule has 1 saturated heterocycles. The summed E-state index contributed by atoms with van der Waals surface area (Å²) < 4.78 is 5.23. The van der Waals surface area contributed by atoms with Crippen LogP contribution in [0.5, 0.6) is 0 Å². The Morgan fingerprint density at radius 2 is 2.05 bits per heavy atom. The van der Waals surface area contributed by atoms with Crippen molar-refractivity contribution >= 4 is 11.9 Å². The molecular weight excluding hydrogens is 270 g/mol. The molecule has 0 aromatic heterocycles. The van der Waals surface area contributed by atoms with E-state index in [0.29, 0.717) is 19.4 Å². The van der Waals surface area contributed by atoms with Crippen LogP contribution < -0.4 is 0 Å². The van der Waals surface area contributed by atoms with E-state index >= 15 is 0 Å². The molecule has 0 aliphatic carbocycles. The van der Waals surface area contributed by atoms with Crippen molar-refractivity contribution < 1.29 is 19.4 Å². The Balaban J connectivity index is 2.22. The van der Waals surface area contributed by atoms with Gasteiger partial charge in [0.15, 0.2) is 0 Å². The molecule has 0 spiro atoms. The Labute approximate surface area is 124 Å². The van der Waals surface area contributed by atoms with Crippen molar-refractivity contribution in [2.75, 3.05) is 13.7 Å². The van der Waals surface area contributed by atoms with Crippen molar-refractivity contribution in [1.82, 2.24) is 4.90 Å². The van der Waals surface area contributed by atoms with Gasteiger partial charge in [0.05, 0.1) is 12.0 Å². The number of hydrogen-bond donors (Lipinski definition) is 1. The fraction of sp³-hybridized carbons (Fsp3) is 0.500. The molecule has 2 rings (SSSR count). The van der Waals surface area contributed by atoms with Gasteiger partial charge in [0.2, 0.25) is 5.91 Å². The van der Waals surface area contributed by atoms with Gasteiger partial charge in [-0.2, -0.15) is 0 Å². The summed E-state index contributed by atoms with van der Waals surface area (Å²) in [5.74, 6) is -1.40. The molecule has 1 aromatic rings. The number of nitrogens with zero attached hydrogens (tertiary/aromatic N) is 1. The summed E-state index contributed by atoms with van der Waals surface area (Å²) in [6.45, 7) is 2.28. The fourth-order valence-corrected chi connectivity index (χ4v) is 2.88. The molecule has 5 heteroatoms. The summed E-state index contributed by atoms with van der Waals surface area (Å²) in [6.07, 6.45) is 0.787. The molecule has 1 heterocycles. The molecule has 114 valence electrons. The molecule has 1 aromatic carbocycles. The number of amides is 1. The molecule has 1 N–H and O–H groups in total. The summed E-state index contributed by atoms with van der Waals surface area (Å²) >= 11 is 0. The largest absolute Gasteiger partial charge is 0.480 e. The number of methoxy groups -OCH3 is 1. The normalized spacial score (nSPS) is 23.0. The van der Waals surface area contributed by atoms with E-state index in [0.717, 1.165) is 5.56 Å². The molecule has 1 fully saturated rings. The Morgan fingerprint density at radius 1 is 1.38 bits per heavy atom. The smallest absolute Gasteiger partial charge is 0.326 e. The van der Waals surface area contributed by atoms with Crippen LogP contribution in [0.15, 0.2) is 30.3 Å². The minimum Gasteiger partial charge on any atom is -0.480 e. The maximum Gasteiger partial charge on any atom is 0.326 e. The van der Waals surface area contributed by atoms with E-state index < -0.39 is 12.0 Å². The highest BCUT2D eigenvalue weighted by Crippen LogP contribution is 2.28. The number of benzene rings is 1. The van der Waals surface area contributed by atoms with Gasteiger partial charge in [-0.05, 0) is 12.0 Å². The first kappa shape index (κ1) is 15.5. The lowest BCUT2D eigenvalue weighted by atomic mass is 9.95. The number of ether oxygens (including phenoxy) is 1. The van der Waals surface area contributed by atoms with E-state index in [4.69, 9.17) is 4.74 Å². The highest BCUT2D eigenvalue weighted by Gasteiger charge is 2.41. The molecular formula is C16H21NO4. The van der Waals surface area contributed by atoms with Crippen LogP contribution in [0, 0.1) is 0 Å². The number of rotatable bonds is 5. The zero-order chi connectivity index (χ0) is 15.4. The average Bonchev–Trinajstić information content (AvgIpc) is 2.93. The third-order valence-electron chi connectivity index (χ3n) is 4.07. The van der Waals surface area contributed by atoms with E-state index in [1.165, 1.54) is 4.90 Å². The number of likely N-dealkylation sites (tertiary alicyclic amines) is 1. The molecule has 0 bridgehead atoms. The van der Waals surface area contributed by atoms with Crippen LogP contribution in [0.1, 0.15) is 31.2 Å². The number of carbonyl (C=O) groups is 2. The lowest BCUT2D eigenvalue weighted by Crippen LogP contribution is -2.43. The average molecular weight is 291 g/mol. The van der Waals surface area contributed by atoms with Gasteiger partial charge in [0, 0.05) is 20.1 Å². The third-order valence-corrected chi connectivity index (χ3v) is 4.07. The zero-order valence-electron chi connectivity index (χ0n) is 12.4. The number of carboxylic acids is 1. The Bertz CT molecular complexity index is 502. The Kier molecular flexibility index (Phi) is 4.96. The van der Waals surface area contributed by atoms with Crippen molar-refractivity contribution in [1.29, 1.82) is 0 Å². The number of carbonyl (C=O) groups excluding carboxylic acids is 1. The first-order valence-electron chi connectivity index (χ1n) is 7.19. The van der Waals surface area contributed by atoms with Crippen LogP contribution in [-0.2, 0) is 14.3 Å². The highest BCUT2D eigenvalue weighted by molar-refractivity contribution is 5.88. The number of carboxylic acid groups (broad SMARTS) is 1. The minimum atomic E-state index is -0.967. The van der Waals surface area contributed by atoms with E-state index in [9.17, 15) is 14.7 Å². The van der Waals surface area contributed by atoms with Crippen molar-refractivity contribution in [3.63, 3.8) is 0 Å². The lowest BCUT2D eigenvalue weighted by molar-refractivity contribution is -0.148. The second-order valence-electron chi connectivity index (χ2n) is 5.31. The van der Waals surface area contributed by atoms with Gasteiger partial charge >= 0.3 is 5.97 Å². The summed E-state index contributed by atoms with van der Waals surface area (Å²) in [4.78, 5) is 25.6. The van der Waals surface area contributed by atoms with Crippen LogP contribution in [0.25, 0.3) is 0 Å². The lowest BCUT2D eigenvalue weighted by Gasteiger charge is -2.26. The molecule has 3 atom stereocenters. The molecule has 1 aliphatic heterocycles. The third kappa shape index (κ3) is 3.24. The van der Waals surface area contributed by atoms with Crippen molar-refractivity contribution in [2.24, 2.45) is 0 Å². The monoisotopic (exact) mass is 291 g/mol. The van der Waals surface area contributed by atoms with Crippen LogP contribution >= 0.6 is 0 Å².